The van der Waals surface area contributed by atoms with E-state index in [2.05, 4.69) is 73.1 Å². The van der Waals surface area contributed by atoms with Crippen molar-refractivity contribution < 1.29 is 53.1 Å². The molecule has 0 spiro atoms. The Morgan fingerprint density at radius 3 is 2.12 bits per heavy atom. The smallest absolute Gasteiger partial charge is 0.303 e. The van der Waals surface area contributed by atoms with Crippen LogP contribution in [0.1, 0.15) is 94.4 Å². The number of nitrogens with zero attached hydrogens (tertiary/aromatic N) is 2. The van der Waals surface area contributed by atoms with Crippen molar-refractivity contribution in [2.24, 2.45) is 10.7 Å². The molecule has 0 radical (unpaired) electrons. The number of fused-ring (bicyclic) bond motifs is 1. The summed E-state index contributed by atoms with van der Waals surface area (Å²) in [4.78, 5) is 152. The number of aromatic amines is 2. The Morgan fingerprint density at radius 2 is 1.45 bits per heavy atom. The van der Waals surface area contributed by atoms with Crippen LogP contribution in [0.3, 0.4) is 0 Å². The number of aliphatic imine (C=N–C) groups is 1. The van der Waals surface area contributed by atoms with E-state index in [1.54, 1.807) is 50.6 Å². The highest BCUT2D eigenvalue weighted by atomic mass is 16.4. The highest BCUT2D eigenvalue weighted by molar-refractivity contribution is 5.99. The number of primary amides is 1. The van der Waals surface area contributed by atoms with Crippen LogP contribution in [0.25, 0.3) is 10.9 Å². The first kappa shape index (κ1) is 62.0. The van der Waals surface area contributed by atoms with E-state index in [1.165, 1.54) is 12.5 Å². The zero-order valence-electron chi connectivity index (χ0n) is 45.3. The summed E-state index contributed by atoms with van der Waals surface area (Å²) in [6.07, 6.45) is 4.41. The molecule has 1 aliphatic rings. The summed E-state index contributed by atoms with van der Waals surface area (Å²) in [5.41, 5.74) is 8.24. The van der Waals surface area contributed by atoms with E-state index in [1.807, 2.05) is 31.2 Å². The normalized spacial score (nSPS) is 20.8. The van der Waals surface area contributed by atoms with Gasteiger partial charge in [-0.05, 0) is 55.7 Å². The van der Waals surface area contributed by atoms with Crippen molar-refractivity contribution in [3.8, 4) is 0 Å². The maximum absolute atomic E-state index is 14.8. The van der Waals surface area contributed by atoms with Gasteiger partial charge in [0.25, 0.3) is 0 Å². The Hall–Kier alpha value is -8.84. The number of nitrogens with one attached hydrogen (secondary N) is 12. The molecule has 4 aromatic rings. The van der Waals surface area contributed by atoms with Crippen molar-refractivity contribution in [3.63, 3.8) is 0 Å². The van der Waals surface area contributed by atoms with Crippen LogP contribution in [-0.2, 0) is 67.2 Å². The lowest BCUT2D eigenvalue weighted by Crippen LogP contribution is -2.61. The minimum absolute atomic E-state index is 0.00562. The summed E-state index contributed by atoms with van der Waals surface area (Å²) >= 11 is 0. The maximum atomic E-state index is 14.8. The van der Waals surface area contributed by atoms with Crippen molar-refractivity contribution in [2.45, 2.75) is 139 Å². The maximum Gasteiger partial charge on any atom is 0.303 e. The quantitative estimate of drug-likeness (QED) is 0.0291. The molecule has 7 atom stereocenters. The van der Waals surface area contributed by atoms with Crippen LogP contribution in [-0.4, -0.2) is 155 Å². The van der Waals surface area contributed by atoms with Crippen molar-refractivity contribution in [1.29, 1.82) is 0 Å². The number of carboxylic acids is 1. The summed E-state index contributed by atoms with van der Waals surface area (Å²) < 4.78 is 0. The third kappa shape index (κ3) is 20.2. The second-order valence-electron chi connectivity index (χ2n) is 19.4. The fourth-order valence-electron chi connectivity index (χ4n) is 8.93. The van der Waals surface area contributed by atoms with Gasteiger partial charge in [0.1, 0.15) is 42.3 Å². The largest absolute Gasteiger partial charge is 0.481 e. The Morgan fingerprint density at radius 1 is 0.787 bits per heavy atom. The number of carboxylic acid groups (broad SMARTS) is 1. The number of amides is 9. The number of benzene rings is 2. The zero-order valence-corrected chi connectivity index (χ0v) is 45.3. The Labute approximate surface area is 463 Å². The van der Waals surface area contributed by atoms with Gasteiger partial charge in [0.05, 0.1) is 19.2 Å². The number of H-pyrrole nitrogens is 2. The van der Waals surface area contributed by atoms with Gasteiger partial charge in [-0.15, -0.1) is 0 Å². The number of hydrogen-bond donors (Lipinski definition) is 14. The number of aromatic nitrogens is 3. The number of guanidine groups is 1. The van der Waals surface area contributed by atoms with Gasteiger partial charge < -0.3 is 74.0 Å². The molecule has 1 fully saturated rings. The summed E-state index contributed by atoms with van der Waals surface area (Å²) in [5, 5.41) is 37.5. The number of para-hydroxylation sites is 1. The Balaban J connectivity index is 1.55. The van der Waals surface area contributed by atoms with Gasteiger partial charge in [-0.2, -0.15) is 0 Å². The second-order valence-corrected chi connectivity index (χ2v) is 19.4. The summed E-state index contributed by atoms with van der Waals surface area (Å²) in [6.45, 7) is 2.14. The molecular weight excluding hydrogens is 1030 g/mol. The Kier molecular flexibility index (Phi) is 24.9. The van der Waals surface area contributed by atoms with Crippen molar-refractivity contribution in [1.82, 2.24) is 68.1 Å². The van der Waals surface area contributed by atoms with Crippen molar-refractivity contribution >= 4 is 76.0 Å². The van der Waals surface area contributed by atoms with Gasteiger partial charge in [-0.25, -0.2) is 4.98 Å². The first-order valence-corrected chi connectivity index (χ1v) is 26.8. The lowest BCUT2D eigenvalue weighted by molar-refractivity contribution is -0.139. The lowest BCUT2D eigenvalue weighted by atomic mass is 10.0. The van der Waals surface area contributed by atoms with Crippen molar-refractivity contribution in [2.75, 3.05) is 27.2 Å². The number of carbonyl (C=O) groups excluding carboxylic acids is 9. The van der Waals surface area contributed by atoms with E-state index in [0.29, 0.717) is 35.6 Å². The van der Waals surface area contributed by atoms with Crippen LogP contribution in [0.5, 0.6) is 0 Å². The number of nitrogens with two attached hydrogens (primary N) is 1. The van der Waals surface area contributed by atoms with Gasteiger partial charge >= 0.3 is 5.97 Å². The van der Waals surface area contributed by atoms with Crippen LogP contribution in [0.15, 0.2) is 78.3 Å². The van der Waals surface area contributed by atoms with Gasteiger partial charge in [-0.1, -0.05) is 68.3 Å². The molecule has 9 amide bonds. The minimum atomic E-state index is -1.67. The molecule has 1 aliphatic heterocycles. The predicted octanol–water partition coefficient (Wildman–Crippen LogP) is -0.882. The van der Waals surface area contributed by atoms with Crippen molar-refractivity contribution in [3.05, 3.63) is 90.1 Å². The average molecular weight is 1110 g/mol. The molecule has 0 bridgehead atoms. The van der Waals surface area contributed by atoms with E-state index in [9.17, 15) is 47.9 Å². The zero-order chi connectivity index (χ0) is 58.0. The molecule has 2 aromatic heterocycles. The first-order valence-electron chi connectivity index (χ1n) is 26.8. The number of carbonyl (C=O) groups is 10. The fourth-order valence-corrected chi connectivity index (χ4v) is 8.93. The molecule has 5 rings (SSSR count). The van der Waals surface area contributed by atoms with E-state index >= 15 is 0 Å². The molecule has 7 unspecified atom stereocenters. The third-order valence-corrected chi connectivity index (χ3v) is 13.3. The Bertz CT molecular complexity index is 2770. The first-order chi connectivity index (χ1) is 38.5. The predicted molar refractivity (Wildman–Crippen MR) is 295 cm³/mol. The number of unbranched alkanes of at least 4 members (excludes halogenated alkanes) is 1. The van der Waals surface area contributed by atoms with Crippen LogP contribution in [0, 0.1) is 0 Å². The molecule has 1 saturated heterocycles. The van der Waals surface area contributed by atoms with Gasteiger partial charge in [0.2, 0.25) is 53.2 Å². The summed E-state index contributed by atoms with van der Waals surface area (Å²) in [5.74, 6) is -8.14. The average Bonchev–Trinajstić information content (AvgIpc) is 4.16. The molecule has 26 nitrogen and oxygen atoms in total. The number of imidazole rings is 1. The number of aliphatic carboxylic acids is 1. The lowest BCUT2D eigenvalue weighted by Gasteiger charge is -2.28. The van der Waals surface area contributed by atoms with Crippen LogP contribution in [0.2, 0.25) is 0 Å². The van der Waals surface area contributed by atoms with E-state index in [0.717, 1.165) is 10.9 Å². The molecule has 0 aliphatic carbocycles. The van der Waals surface area contributed by atoms with Gasteiger partial charge in [-0.3, -0.25) is 52.9 Å². The number of rotatable bonds is 20. The third-order valence-electron chi connectivity index (χ3n) is 13.3. The summed E-state index contributed by atoms with van der Waals surface area (Å²) in [6, 6.07) is 6.33. The molecular formula is C54H75N15O11. The SMILES string of the molecule is CCCCC(NC(=O)CCC(=O)O)C(=O)NC1CC(=O)NCCCCC(C(N)=O)NC(=O)C(Cc2c[nH]c3ccccc23)NC(=O)C(CCCNC(=NC)NC)NC(=O)C(Cc2ccccc2)NC(=O)C(Cc2cnc[nH]2)NC1=O. The monoisotopic (exact) mass is 1110 g/mol. The van der Waals surface area contributed by atoms with Crippen LogP contribution < -0.4 is 58.9 Å². The van der Waals surface area contributed by atoms with Crippen LogP contribution in [0.4, 0.5) is 0 Å². The van der Waals surface area contributed by atoms with E-state index in [-0.39, 0.29) is 70.9 Å². The molecule has 432 valence electrons. The molecule has 3 heterocycles. The highest BCUT2D eigenvalue weighted by Gasteiger charge is 2.35. The second kappa shape index (κ2) is 32.2. The van der Waals surface area contributed by atoms with Gasteiger partial charge in [0, 0.05) is 81.9 Å². The molecule has 15 N–H and O–H groups in total. The topological polar surface area (TPSA) is 394 Å². The molecule has 0 saturated carbocycles. The van der Waals surface area contributed by atoms with Crippen LogP contribution >= 0.6 is 0 Å². The highest BCUT2D eigenvalue weighted by Crippen LogP contribution is 2.20. The van der Waals surface area contributed by atoms with E-state index in [4.69, 9.17) is 10.8 Å². The minimum Gasteiger partial charge on any atom is -0.481 e. The fraction of sp³-hybridized carbons (Fsp3) is 0.481. The van der Waals surface area contributed by atoms with Gasteiger partial charge in [0.15, 0.2) is 5.96 Å². The summed E-state index contributed by atoms with van der Waals surface area (Å²) in [7, 11) is 3.25. The number of hydrogen-bond acceptors (Lipinski definition) is 12. The molecule has 26 heteroatoms. The molecule has 2 aromatic carbocycles. The molecule has 80 heavy (non-hydrogen) atoms. The standard InChI is InChI=1S/C54H75N15O11/c1-4-5-17-38(63-44(70)21-22-46(72)73)48(75)69-43-28-45(71)59-23-12-11-19-37(47(55)74)64-51(78)41(26-33-29-61-36-18-10-9-16-35(33)36)67-49(76)39(20-13-24-60-54(56-2)57-3)65-50(77)40(25-32-14-7-6-8-15-32)66-52(79)42(68-53(43)80)27-34-30-58-31-62-34/h6-10,14-16,18,29-31,37-43,61H,4-5,11-13,17,19-28H2,1-3H3,(H2,55,74)(H,58,62)(H,59,71)(H,63,70)(H,64,78)(H,65,77)(H,66,79)(H,67,76)(H,68,80)(H,69,75)(H,72,73)(H2,56,57,60). The van der Waals surface area contributed by atoms with E-state index < -0.39 is 121 Å².